The van der Waals surface area contributed by atoms with Gasteiger partial charge in [0, 0.05) is 42.8 Å². The molecule has 1 atom stereocenters. The molecular weight excluding hydrogens is 319 g/mol. The molecule has 1 heterocycles. The van der Waals surface area contributed by atoms with Crippen LogP contribution < -0.4 is 10.1 Å². The average Bonchev–Trinajstić information content (AvgIpc) is 2.41. The minimum absolute atomic E-state index is 0. The van der Waals surface area contributed by atoms with Crippen molar-refractivity contribution in [2.45, 2.75) is 19.4 Å². The largest absolute Gasteiger partial charge is 0.496 e. The van der Waals surface area contributed by atoms with Crippen LogP contribution in [0.15, 0.2) is 18.2 Å². The molecule has 0 aromatic heterocycles. The van der Waals surface area contributed by atoms with E-state index in [-0.39, 0.29) is 24.8 Å². The Balaban J connectivity index is 0.00000180. The van der Waals surface area contributed by atoms with Gasteiger partial charge in [-0.15, -0.1) is 24.8 Å². The molecule has 2 rings (SSSR count). The summed E-state index contributed by atoms with van der Waals surface area (Å²) in [6.07, 6.45) is 1.07. The minimum Gasteiger partial charge on any atom is -0.496 e. The van der Waals surface area contributed by atoms with Gasteiger partial charge >= 0.3 is 0 Å². The minimum atomic E-state index is 0. The third kappa shape index (κ3) is 4.68. The second-order valence-corrected chi connectivity index (χ2v) is 5.03. The Hall–Kier alpha value is -0.190. The first kappa shape index (κ1) is 19.8. The van der Waals surface area contributed by atoms with E-state index in [4.69, 9.17) is 16.3 Å². The summed E-state index contributed by atoms with van der Waals surface area (Å²) in [6, 6.07) is 6.27. The lowest BCUT2D eigenvalue weighted by atomic mass is 10.0. The number of hydrogen-bond donors (Lipinski definition) is 1. The van der Waals surface area contributed by atoms with E-state index in [0.717, 1.165) is 43.4 Å². The lowest BCUT2D eigenvalue weighted by molar-refractivity contribution is 0.166. The van der Waals surface area contributed by atoms with Crippen molar-refractivity contribution in [3.63, 3.8) is 0 Å². The molecule has 0 amide bonds. The van der Waals surface area contributed by atoms with Crippen LogP contribution in [0.2, 0.25) is 5.02 Å². The van der Waals surface area contributed by atoms with Crippen LogP contribution in [-0.4, -0.2) is 38.2 Å². The van der Waals surface area contributed by atoms with Crippen molar-refractivity contribution < 1.29 is 4.74 Å². The predicted molar refractivity (Wildman–Crippen MR) is 90.0 cm³/mol. The average molecular weight is 342 g/mol. The van der Waals surface area contributed by atoms with Gasteiger partial charge in [0.2, 0.25) is 0 Å². The van der Waals surface area contributed by atoms with E-state index < -0.39 is 0 Å². The summed E-state index contributed by atoms with van der Waals surface area (Å²) < 4.78 is 5.47. The molecule has 0 aliphatic carbocycles. The van der Waals surface area contributed by atoms with Crippen LogP contribution in [0.25, 0.3) is 0 Å². The molecule has 1 aromatic carbocycles. The van der Waals surface area contributed by atoms with Crippen LogP contribution in [0.1, 0.15) is 24.9 Å². The van der Waals surface area contributed by atoms with Crippen molar-refractivity contribution in [2.75, 3.05) is 33.3 Å². The highest BCUT2D eigenvalue weighted by Gasteiger charge is 2.23. The zero-order chi connectivity index (χ0) is 13.0. The zero-order valence-electron chi connectivity index (χ0n) is 11.9. The Labute approximate surface area is 138 Å². The van der Waals surface area contributed by atoms with Crippen LogP contribution in [0.5, 0.6) is 5.75 Å². The maximum Gasteiger partial charge on any atom is 0.123 e. The van der Waals surface area contributed by atoms with Crippen LogP contribution >= 0.6 is 36.4 Å². The molecule has 0 unspecified atom stereocenters. The van der Waals surface area contributed by atoms with Gasteiger partial charge in [-0.1, -0.05) is 18.5 Å². The number of ether oxygens (including phenoxy) is 1. The molecule has 20 heavy (non-hydrogen) atoms. The third-order valence-corrected chi connectivity index (χ3v) is 3.76. The van der Waals surface area contributed by atoms with Gasteiger partial charge in [-0.2, -0.15) is 0 Å². The lowest BCUT2D eigenvalue weighted by Gasteiger charge is -2.35. The summed E-state index contributed by atoms with van der Waals surface area (Å²) in [5, 5.41) is 4.16. The summed E-state index contributed by atoms with van der Waals surface area (Å²) in [7, 11) is 1.72. The van der Waals surface area contributed by atoms with Crippen LogP contribution in [0.4, 0.5) is 0 Å². The quantitative estimate of drug-likeness (QED) is 0.906. The Kier molecular flexibility index (Phi) is 9.60. The van der Waals surface area contributed by atoms with Crippen molar-refractivity contribution >= 4 is 36.4 Å². The number of nitrogens with zero attached hydrogens (tertiary/aromatic N) is 1. The summed E-state index contributed by atoms with van der Waals surface area (Å²) >= 11 is 6.13. The molecule has 1 aliphatic heterocycles. The van der Waals surface area contributed by atoms with Crippen molar-refractivity contribution in [3.8, 4) is 5.75 Å². The van der Waals surface area contributed by atoms with Gasteiger partial charge in [-0.05, 0) is 24.6 Å². The number of rotatable bonds is 4. The molecule has 1 saturated heterocycles. The summed E-state index contributed by atoms with van der Waals surface area (Å²) in [5.74, 6) is 0.935. The monoisotopic (exact) mass is 340 g/mol. The van der Waals surface area contributed by atoms with Gasteiger partial charge in [0.05, 0.1) is 7.11 Å². The van der Waals surface area contributed by atoms with Crippen molar-refractivity contribution in [3.05, 3.63) is 28.8 Å². The highest BCUT2D eigenvalue weighted by molar-refractivity contribution is 6.30. The van der Waals surface area contributed by atoms with E-state index in [2.05, 4.69) is 17.1 Å². The van der Waals surface area contributed by atoms with Gasteiger partial charge in [0.1, 0.15) is 5.75 Å². The maximum absolute atomic E-state index is 6.13. The van der Waals surface area contributed by atoms with Crippen molar-refractivity contribution in [1.29, 1.82) is 0 Å². The SMILES string of the molecule is CC[C@H](c1cc(Cl)ccc1OC)N1CCNCC1.Cl.Cl. The number of methoxy groups -OCH3 is 1. The molecule has 1 aliphatic rings. The normalized spacial score (nSPS) is 16.8. The molecule has 1 aromatic rings. The Bertz CT molecular complexity index is 398. The van der Waals surface area contributed by atoms with Crippen molar-refractivity contribution in [1.82, 2.24) is 10.2 Å². The van der Waals surface area contributed by atoms with E-state index in [1.165, 1.54) is 5.56 Å². The smallest absolute Gasteiger partial charge is 0.123 e. The number of hydrogen-bond acceptors (Lipinski definition) is 3. The zero-order valence-corrected chi connectivity index (χ0v) is 14.3. The van der Waals surface area contributed by atoms with E-state index in [0.29, 0.717) is 6.04 Å². The molecule has 0 spiro atoms. The molecule has 1 fully saturated rings. The second-order valence-electron chi connectivity index (χ2n) is 4.60. The fraction of sp³-hybridized carbons (Fsp3) is 0.571. The summed E-state index contributed by atoms with van der Waals surface area (Å²) in [6.45, 7) is 6.48. The molecule has 3 nitrogen and oxygen atoms in total. The van der Waals surface area contributed by atoms with E-state index in [1.807, 2.05) is 18.2 Å². The number of piperazine rings is 1. The molecule has 0 bridgehead atoms. The highest BCUT2D eigenvalue weighted by Crippen LogP contribution is 2.33. The fourth-order valence-electron chi connectivity index (χ4n) is 2.63. The first-order chi connectivity index (χ1) is 8.76. The Morgan fingerprint density at radius 3 is 2.50 bits per heavy atom. The van der Waals surface area contributed by atoms with Crippen LogP contribution in [0, 0.1) is 0 Å². The molecule has 1 N–H and O–H groups in total. The van der Waals surface area contributed by atoms with E-state index in [9.17, 15) is 0 Å². The molecule has 0 radical (unpaired) electrons. The Morgan fingerprint density at radius 1 is 1.30 bits per heavy atom. The third-order valence-electron chi connectivity index (χ3n) is 3.53. The highest BCUT2D eigenvalue weighted by atomic mass is 35.5. The number of nitrogens with one attached hydrogen (secondary N) is 1. The molecule has 6 heteroatoms. The van der Waals surface area contributed by atoms with Gasteiger partial charge < -0.3 is 10.1 Å². The molecular formula is C14H23Cl3N2O. The second kappa shape index (κ2) is 9.69. The maximum atomic E-state index is 6.13. The van der Waals surface area contributed by atoms with E-state index >= 15 is 0 Å². The number of halogens is 3. The van der Waals surface area contributed by atoms with Gasteiger partial charge in [0.25, 0.3) is 0 Å². The van der Waals surface area contributed by atoms with E-state index in [1.54, 1.807) is 7.11 Å². The van der Waals surface area contributed by atoms with Crippen LogP contribution in [-0.2, 0) is 0 Å². The van der Waals surface area contributed by atoms with Gasteiger partial charge in [0.15, 0.2) is 0 Å². The van der Waals surface area contributed by atoms with Crippen LogP contribution in [0.3, 0.4) is 0 Å². The van der Waals surface area contributed by atoms with Gasteiger partial charge in [-0.3, -0.25) is 4.90 Å². The standard InChI is InChI=1S/C14H21ClN2O.2ClH/c1-3-13(17-8-6-16-7-9-17)12-10-11(15)4-5-14(12)18-2;;/h4-5,10,13,16H,3,6-9H2,1-2H3;2*1H/t13-;;/m1../s1. The topological polar surface area (TPSA) is 24.5 Å². The molecule has 116 valence electrons. The number of benzene rings is 1. The van der Waals surface area contributed by atoms with Gasteiger partial charge in [-0.25, -0.2) is 0 Å². The Morgan fingerprint density at radius 2 is 1.95 bits per heavy atom. The predicted octanol–water partition coefficient (Wildman–Crippen LogP) is 3.55. The first-order valence-corrected chi connectivity index (χ1v) is 6.92. The lowest BCUT2D eigenvalue weighted by Crippen LogP contribution is -2.45. The fourth-order valence-corrected chi connectivity index (χ4v) is 2.81. The summed E-state index contributed by atoms with van der Waals surface area (Å²) in [5.41, 5.74) is 1.20. The summed E-state index contributed by atoms with van der Waals surface area (Å²) in [4.78, 5) is 2.50. The molecule has 0 saturated carbocycles. The van der Waals surface area contributed by atoms with Crippen molar-refractivity contribution in [2.24, 2.45) is 0 Å². The first-order valence-electron chi connectivity index (χ1n) is 6.54.